The minimum atomic E-state index is -0.683. The Balaban J connectivity index is 2.54. The summed E-state index contributed by atoms with van der Waals surface area (Å²) < 4.78 is 10.2. The third-order valence-corrected chi connectivity index (χ3v) is 3.84. The highest BCUT2D eigenvalue weighted by molar-refractivity contribution is 5.69. The van der Waals surface area contributed by atoms with Crippen LogP contribution in [0.25, 0.3) is 0 Å². The maximum atomic E-state index is 11.4. The summed E-state index contributed by atoms with van der Waals surface area (Å²) in [6, 6.07) is 8.24. The van der Waals surface area contributed by atoms with Gasteiger partial charge in [0.2, 0.25) is 0 Å². The van der Waals surface area contributed by atoms with Gasteiger partial charge in [-0.1, -0.05) is 31.2 Å². The standard InChI is InChI=1S/C19H31NO4/c1-4-8-19(22)24-15-18(21)14-20(11-7-12-23-3)13-17-10-6-5-9-16(17)2/h5-6,9-10,18,21H,4,7-8,11-15H2,1-3H3. The quantitative estimate of drug-likeness (QED) is 0.469. The van der Waals surface area contributed by atoms with Crippen LogP contribution in [0, 0.1) is 6.92 Å². The first kappa shape index (κ1) is 20.6. The van der Waals surface area contributed by atoms with Crippen molar-refractivity contribution in [1.29, 1.82) is 0 Å². The number of ether oxygens (including phenoxy) is 2. The van der Waals surface area contributed by atoms with E-state index in [9.17, 15) is 9.90 Å². The van der Waals surface area contributed by atoms with Crippen LogP contribution in [0.3, 0.4) is 0 Å². The summed E-state index contributed by atoms with van der Waals surface area (Å²) in [5.74, 6) is -0.249. The van der Waals surface area contributed by atoms with E-state index in [1.54, 1.807) is 7.11 Å². The Hall–Kier alpha value is -1.43. The zero-order chi connectivity index (χ0) is 17.8. The number of benzene rings is 1. The van der Waals surface area contributed by atoms with Crippen LogP contribution >= 0.6 is 0 Å². The van der Waals surface area contributed by atoms with Crippen molar-refractivity contribution in [3.8, 4) is 0 Å². The van der Waals surface area contributed by atoms with Gasteiger partial charge in [0.1, 0.15) is 12.7 Å². The summed E-state index contributed by atoms with van der Waals surface area (Å²) >= 11 is 0. The van der Waals surface area contributed by atoms with Crippen molar-refractivity contribution in [2.45, 2.75) is 45.8 Å². The van der Waals surface area contributed by atoms with Gasteiger partial charge in [-0.05, 0) is 30.9 Å². The number of hydrogen-bond donors (Lipinski definition) is 1. The molecule has 24 heavy (non-hydrogen) atoms. The molecule has 5 nitrogen and oxygen atoms in total. The lowest BCUT2D eigenvalue weighted by Crippen LogP contribution is -2.36. The SMILES string of the molecule is CCCC(=O)OCC(O)CN(CCCOC)Cc1ccccc1C. The molecule has 5 heteroatoms. The molecule has 0 radical (unpaired) electrons. The number of rotatable bonds is 12. The van der Waals surface area contributed by atoms with Crippen LogP contribution in [0.15, 0.2) is 24.3 Å². The third-order valence-electron chi connectivity index (χ3n) is 3.84. The van der Waals surface area contributed by atoms with Gasteiger partial charge in [-0.2, -0.15) is 0 Å². The molecule has 0 saturated carbocycles. The van der Waals surface area contributed by atoms with Crippen molar-refractivity contribution in [3.63, 3.8) is 0 Å². The fraction of sp³-hybridized carbons (Fsp3) is 0.632. The van der Waals surface area contributed by atoms with Crippen LogP contribution in [0.5, 0.6) is 0 Å². The molecule has 1 aromatic carbocycles. The number of carbonyl (C=O) groups excluding carboxylic acids is 1. The van der Waals surface area contributed by atoms with Crippen LogP contribution in [0.4, 0.5) is 0 Å². The Kier molecular flexibility index (Phi) is 10.3. The molecule has 0 amide bonds. The van der Waals surface area contributed by atoms with Gasteiger partial charge in [-0.15, -0.1) is 0 Å². The second kappa shape index (κ2) is 12.0. The Morgan fingerprint density at radius 3 is 2.75 bits per heavy atom. The summed E-state index contributed by atoms with van der Waals surface area (Å²) in [7, 11) is 1.69. The first-order valence-electron chi connectivity index (χ1n) is 8.66. The van der Waals surface area contributed by atoms with Crippen molar-refractivity contribution >= 4 is 5.97 Å². The van der Waals surface area contributed by atoms with Gasteiger partial charge in [0, 0.05) is 39.8 Å². The number of carbonyl (C=O) groups is 1. The highest BCUT2D eigenvalue weighted by Gasteiger charge is 2.15. The van der Waals surface area contributed by atoms with Crippen molar-refractivity contribution < 1.29 is 19.4 Å². The molecule has 0 fully saturated rings. The number of methoxy groups -OCH3 is 1. The van der Waals surface area contributed by atoms with Gasteiger partial charge >= 0.3 is 5.97 Å². The summed E-state index contributed by atoms with van der Waals surface area (Å²) in [5.41, 5.74) is 2.48. The van der Waals surface area contributed by atoms with E-state index in [-0.39, 0.29) is 12.6 Å². The zero-order valence-electron chi connectivity index (χ0n) is 15.2. The molecule has 0 aliphatic rings. The van der Waals surface area contributed by atoms with Gasteiger partial charge in [-0.3, -0.25) is 9.69 Å². The minimum absolute atomic E-state index is 0.0490. The van der Waals surface area contributed by atoms with E-state index in [0.717, 1.165) is 25.9 Å². The van der Waals surface area contributed by atoms with E-state index in [0.29, 0.717) is 19.6 Å². The fourth-order valence-electron chi connectivity index (χ4n) is 2.51. The van der Waals surface area contributed by atoms with E-state index in [4.69, 9.17) is 9.47 Å². The Labute approximate surface area is 145 Å². The molecule has 136 valence electrons. The number of aliphatic hydroxyl groups is 1. The predicted octanol–water partition coefficient (Wildman–Crippen LogP) is 2.54. The largest absolute Gasteiger partial charge is 0.463 e. The van der Waals surface area contributed by atoms with Crippen molar-refractivity contribution in [2.75, 3.05) is 33.4 Å². The average Bonchev–Trinajstić information content (AvgIpc) is 2.55. The summed E-state index contributed by atoms with van der Waals surface area (Å²) in [6.07, 6.45) is 1.36. The van der Waals surface area contributed by atoms with Crippen LogP contribution in [-0.4, -0.2) is 55.5 Å². The van der Waals surface area contributed by atoms with Gasteiger partial charge in [0.25, 0.3) is 0 Å². The molecule has 0 aliphatic heterocycles. The molecule has 0 saturated heterocycles. The van der Waals surface area contributed by atoms with Gasteiger partial charge in [0.15, 0.2) is 0 Å². The second-order valence-electron chi connectivity index (χ2n) is 6.09. The summed E-state index contributed by atoms with van der Waals surface area (Å²) in [4.78, 5) is 13.6. The van der Waals surface area contributed by atoms with Gasteiger partial charge < -0.3 is 14.6 Å². The molecule has 0 aromatic heterocycles. The highest BCUT2D eigenvalue weighted by Crippen LogP contribution is 2.11. The van der Waals surface area contributed by atoms with Crippen LogP contribution in [0.1, 0.15) is 37.3 Å². The topological polar surface area (TPSA) is 59.0 Å². The van der Waals surface area contributed by atoms with Crippen molar-refractivity contribution in [2.24, 2.45) is 0 Å². The Morgan fingerprint density at radius 1 is 1.33 bits per heavy atom. The van der Waals surface area contributed by atoms with E-state index >= 15 is 0 Å². The molecular weight excluding hydrogens is 306 g/mol. The predicted molar refractivity (Wildman–Crippen MR) is 94.8 cm³/mol. The molecular formula is C19H31NO4. The fourth-order valence-corrected chi connectivity index (χ4v) is 2.51. The maximum Gasteiger partial charge on any atom is 0.305 e. The van der Waals surface area contributed by atoms with Crippen LogP contribution in [-0.2, 0) is 20.8 Å². The molecule has 0 spiro atoms. The van der Waals surface area contributed by atoms with Crippen LogP contribution in [0.2, 0.25) is 0 Å². The number of esters is 1. The Bertz CT molecular complexity index is 478. The summed E-state index contributed by atoms with van der Waals surface area (Å²) in [6.45, 7) is 6.80. The molecule has 0 heterocycles. The molecule has 1 N–H and O–H groups in total. The zero-order valence-corrected chi connectivity index (χ0v) is 15.2. The molecule has 0 aliphatic carbocycles. The normalized spacial score (nSPS) is 12.4. The molecule has 0 bridgehead atoms. The maximum absolute atomic E-state index is 11.4. The number of hydrogen-bond acceptors (Lipinski definition) is 5. The smallest absolute Gasteiger partial charge is 0.305 e. The van der Waals surface area contributed by atoms with Crippen LogP contribution < -0.4 is 0 Å². The van der Waals surface area contributed by atoms with Crippen molar-refractivity contribution in [3.05, 3.63) is 35.4 Å². The highest BCUT2D eigenvalue weighted by atomic mass is 16.5. The first-order chi connectivity index (χ1) is 11.6. The first-order valence-corrected chi connectivity index (χ1v) is 8.66. The molecule has 1 rings (SSSR count). The monoisotopic (exact) mass is 337 g/mol. The van der Waals surface area contributed by atoms with E-state index in [1.807, 2.05) is 19.1 Å². The van der Waals surface area contributed by atoms with E-state index in [1.165, 1.54) is 11.1 Å². The third kappa shape index (κ3) is 8.43. The number of aliphatic hydroxyl groups excluding tert-OH is 1. The van der Waals surface area contributed by atoms with Gasteiger partial charge in [0.05, 0.1) is 0 Å². The molecule has 1 unspecified atom stereocenters. The minimum Gasteiger partial charge on any atom is -0.463 e. The Morgan fingerprint density at radius 2 is 2.08 bits per heavy atom. The van der Waals surface area contributed by atoms with Gasteiger partial charge in [-0.25, -0.2) is 0 Å². The van der Waals surface area contributed by atoms with Crippen molar-refractivity contribution in [1.82, 2.24) is 4.90 Å². The number of aryl methyl sites for hydroxylation is 1. The summed E-state index contributed by atoms with van der Waals surface area (Å²) in [5, 5.41) is 10.2. The lowest BCUT2D eigenvalue weighted by atomic mass is 10.1. The van der Waals surface area contributed by atoms with E-state index < -0.39 is 6.10 Å². The molecule has 1 aromatic rings. The lowest BCUT2D eigenvalue weighted by Gasteiger charge is -2.25. The second-order valence-corrected chi connectivity index (χ2v) is 6.09. The van der Waals surface area contributed by atoms with E-state index in [2.05, 4.69) is 24.0 Å². The lowest BCUT2D eigenvalue weighted by molar-refractivity contribution is -0.147. The molecule has 1 atom stereocenters. The average molecular weight is 337 g/mol. The number of nitrogens with zero attached hydrogens (tertiary/aromatic N) is 1.